The van der Waals surface area contributed by atoms with E-state index in [1.807, 2.05) is 24.3 Å². The number of hydrogen-bond acceptors (Lipinski definition) is 5. The second kappa shape index (κ2) is 7.52. The van der Waals surface area contributed by atoms with Crippen molar-refractivity contribution in [3.63, 3.8) is 0 Å². The summed E-state index contributed by atoms with van der Waals surface area (Å²) < 4.78 is 0. The Bertz CT molecular complexity index is 851. The number of aromatic nitrogens is 3. The van der Waals surface area contributed by atoms with Gasteiger partial charge in [-0.3, -0.25) is 4.98 Å². The molecule has 0 saturated carbocycles. The topological polar surface area (TPSA) is 53.9 Å². The van der Waals surface area contributed by atoms with Gasteiger partial charge in [0.1, 0.15) is 11.5 Å². The van der Waals surface area contributed by atoms with Gasteiger partial charge in [0.2, 0.25) is 0 Å². The van der Waals surface area contributed by atoms with Crippen molar-refractivity contribution in [2.75, 3.05) is 23.3 Å². The molecule has 2 aromatic heterocycles. The van der Waals surface area contributed by atoms with E-state index in [1.165, 1.54) is 5.69 Å². The Labute approximate surface area is 154 Å². The number of hydrogen-bond donors (Lipinski definition) is 1. The number of anilines is 2. The molecular weight excluding hydrogens is 322 g/mol. The van der Waals surface area contributed by atoms with Crippen molar-refractivity contribution in [3.8, 4) is 11.5 Å². The Morgan fingerprint density at radius 2 is 1.92 bits per heavy atom. The second-order valence-corrected chi connectivity index (χ2v) is 6.55. The van der Waals surface area contributed by atoms with E-state index < -0.39 is 0 Å². The lowest BCUT2D eigenvalue weighted by Gasteiger charge is -2.19. The number of aryl methyl sites for hydroxylation is 1. The number of nitrogens with zero attached hydrogens (tertiary/aromatic N) is 4. The van der Waals surface area contributed by atoms with Gasteiger partial charge < -0.3 is 10.2 Å². The Hall–Kier alpha value is -2.95. The molecule has 1 atom stereocenters. The van der Waals surface area contributed by atoms with Crippen molar-refractivity contribution in [3.05, 3.63) is 66.5 Å². The van der Waals surface area contributed by atoms with E-state index in [1.54, 1.807) is 6.20 Å². The van der Waals surface area contributed by atoms with Crippen molar-refractivity contribution in [1.29, 1.82) is 0 Å². The first-order valence-electron chi connectivity index (χ1n) is 9.17. The fourth-order valence-corrected chi connectivity index (χ4v) is 3.29. The SMILES string of the molecule is CCc1cc(N2CCC(Nc3ccccc3)C2)nc(-c2ccccn2)n1. The Balaban J connectivity index is 1.54. The Morgan fingerprint density at radius 3 is 2.69 bits per heavy atom. The van der Waals surface area contributed by atoms with Crippen LogP contribution in [0.15, 0.2) is 60.8 Å². The van der Waals surface area contributed by atoms with Crippen molar-refractivity contribution >= 4 is 11.5 Å². The molecule has 5 heteroatoms. The quantitative estimate of drug-likeness (QED) is 0.762. The van der Waals surface area contributed by atoms with Crippen LogP contribution in [0.5, 0.6) is 0 Å². The lowest BCUT2D eigenvalue weighted by molar-refractivity contribution is 0.805. The average Bonchev–Trinajstić information content (AvgIpc) is 3.17. The van der Waals surface area contributed by atoms with Crippen LogP contribution in [0.1, 0.15) is 19.0 Å². The summed E-state index contributed by atoms with van der Waals surface area (Å²) in [7, 11) is 0. The van der Waals surface area contributed by atoms with E-state index in [0.29, 0.717) is 11.9 Å². The minimum absolute atomic E-state index is 0.427. The lowest BCUT2D eigenvalue weighted by atomic mass is 10.2. The molecule has 1 aliphatic rings. The summed E-state index contributed by atoms with van der Waals surface area (Å²) >= 11 is 0. The molecule has 3 heterocycles. The minimum Gasteiger partial charge on any atom is -0.380 e. The summed E-state index contributed by atoms with van der Waals surface area (Å²) in [4.78, 5) is 16.2. The third-order valence-corrected chi connectivity index (χ3v) is 4.68. The van der Waals surface area contributed by atoms with Crippen LogP contribution in [-0.4, -0.2) is 34.1 Å². The fourth-order valence-electron chi connectivity index (χ4n) is 3.29. The standard InChI is InChI=1S/C21H23N5/c1-2-16-14-20(25-21(24-16)19-10-6-7-12-22-19)26-13-11-18(15-26)23-17-8-4-3-5-9-17/h3-10,12,14,18,23H,2,11,13,15H2,1H3. The molecule has 1 fully saturated rings. The first-order valence-corrected chi connectivity index (χ1v) is 9.17. The van der Waals surface area contributed by atoms with E-state index >= 15 is 0 Å². The van der Waals surface area contributed by atoms with Crippen LogP contribution in [0.4, 0.5) is 11.5 Å². The third kappa shape index (κ3) is 3.67. The number of para-hydroxylation sites is 1. The fraction of sp³-hybridized carbons (Fsp3) is 0.286. The highest BCUT2D eigenvalue weighted by Crippen LogP contribution is 2.24. The van der Waals surface area contributed by atoms with Gasteiger partial charge in [0.25, 0.3) is 0 Å². The molecular formula is C21H23N5. The zero-order chi connectivity index (χ0) is 17.8. The van der Waals surface area contributed by atoms with Gasteiger partial charge in [0.15, 0.2) is 5.82 Å². The van der Waals surface area contributed by atoms with Gasteiger partial charge in [-0.1, -0.05) is 31.2 Å². The smallest absolute Gasteiger partial charge is 0.180 e. The van der Waals surface area contributed by atoms with Gasteiger partial charge in [-0.15, -0.1) is 0 Å². The van der Waals surface area contributed by atoms with Gasteiger partial charge in [0, 0.05) is 42.8 Å². The minimum atomic E-state index is 0.427. The summed E-state index contributed by atoms with van der Waals surface area (Å²) in [5, 5.41) is 3.62. The molecule has 132 valence electrons. The molecule has 4 rings (SSSR count). The lowest BCUT2D eigenvalue weighted by Crippen LogP contribution is -2.27. The zero-order valence-corrected chi connectivity index (χ0v) is 15.0. The largest absolute Gasteiger partial charge is 0.380 e. The number of nitrogens with one attached hydrogen (secondary N) is 1. The Morgan fingerprint density at radius 1 is 1.08 bits per heavy atom. The molecule has 1 aliphatic heterocycles. The van der Waals surface area contributed by atoms with Crippen molar-refractivity contribution in [2.24, 2.45) is 0 Å². The molecule has 0 amide bonds. The van der Waals surface area contributed by atoms with E-state index in [0.717, 1.165) is 43.1 Å². The molecule has 0 spiro atoms. The summed E-state index contributed by atoms with van der Waals surface area (Å²) in [6.45, 7) is 4.06. The van der Waals surface area contributed by atoms with Gasteiger partial charge in [-0.25, -0.2) is 9.97 Å². The highest BCUT2D eigenvalue weighted by Gasteiger charge is 2.24. The van der Waals surface area contributed by atoms with Crippen molar-refractivity contribution in [1.82, 2.24) is 15.0 Å². The first kappa shape index (κ1) is 16.5. The van der Waals surface area contributed by atoms with Crippen molar-refractivity contribution < 1.29 is 0 Å². The molecule has 0 aliphatic carbocycles. The van der Waals surface area contributed by atoms with Crippen LogP contribution >= 0.6 is 0 Å². The average molecular weight is 345 g/mol. The van der Waals surface area contributed by atoms with E-state index in [-0.39, 0.29) is 0 Å². The molecule has 1 aromatic carbocycles. The van der Waals surface area contributed by atoms with Crippen LogP contribution in [0.2, 0.25) is 0 Å². The summed E-state index contributed by atoms with van der Waals surface area (Å²) in [5.74, 6) is 1.70. The van der Waals surface area contributed by atoms with E-state index in [9.17, 15) is 0 Å². The maximum absolute atomic E-state index is 4.80. The molecule has 0 bridgehead atoms. The second-order valence-electron chi connectivity index (χ2n) is 6.55. The third-order valence-electron chi connectivity index (χ3n) is 4.68. The van der Waals surface area contributed by atoms with E-state index in [2.05, 4.69) is 57.4 Å². The van der Waals surface area contributed by atoms with Gasteiger partial charge >= 0.3 is 0 Å². The summed E-state index contributed by atoms with van der Waals surface area (Å²) in [5.41, 5.74) is 3.04. The highest BCUT2D eigenvalue weighted by atomic mass is 15.2. The number of benzene rings is 1. The zero-order valence-electron chi connectivity index (χ0n) is 15.0. The van der Waals surface area contributed by atoms with Crippen LogP contribution in [0.3, 0.4) is 0 Å². The van der Waals surface area contributed by atoms with Crippen LogP contribution in [0.25, 0.3) is 11.5 Å². The predicted octanol–water partition coefficient (Wildman–Crippen LogP) is 3.79. The van der Waals surface area contributed by atoms with Crippen molar-refractivity contribution in [2.45, 2.75) is 25.8 Å². The monoisotopic (exact) mass is 345 g/mol. The van der Waals surface area contributed by atoms with Gasteiger partial charge in [0.05, 0.1) is 0 Å². The molecule has 1 unspecified atom stereocenters. The van der Waals surface area contributed by atoms with Gasteiger partial charge in [-0.05, 0) is 37.1 Å². The first-order chi connectivity index (χ1) is 12.8. The maximum atomic E-state index is 4.80. The molecule has 1 N–H and O–H groups in total. The van der Waals surface area contributed by atoms with Gasteiger partial charge in [-0.2, -0.15) is 0 Å². The molecule has 3 aromatic rings. The summed E-state index contributed by atoms with van der Waals surface area (Å²) in [6.07, 6.45) is 3.76. The Kier molecular flexibility index (Phi) is 4.78. The van der Waals surface area contributed by atoms with E-state index in [4.69, 9.17) is 4.98 Å². The highest BCUT2D eigenvalue weighted by molar-refractivity contribution is 5.54. The molecule has 5 nitrogen and oxygen atoms in total. The van der Waals surface area contributed by atoms with Crippen LogP contribution in [-0.2, 0) is 6.42 Å². The normalized spacial score (nSPS) is 16.7. The maximum Gasteiger partial charge on any atom is 0.180 e. The van der Waals surface area contributed by atoms with Crippen LogP contribution in [0, 0.1) is 0 Å². The predicted molar refractivity (Wildman–Crippen MR) is 105 cm³/mol. The summed E-state index contributed by atoms with van der Waals surface area (Å²) in [6, 6.07) is 18.8. The number of pyridine rings is 1. The molecule has 0 radical (unpaired) electrons. The van der Waals surface area contributed by atoms with Crippen LogP contribution < -0.4 is 10.2 Å². The molecule has 26 heavy (non-hydrogen) atoms. The number of rotatable bonds is 5. The molecule has 1 saturated heterocycles.